The molecular formula is C23H18N2O5. The molecule has 150 valence electrons. The lowest BCUT2D eigenvalue weighted by Gasteiger charge is -2.10. The van der Waals surface area contributed by atoms with Gasteiger partial charge in [0.15, 0.2) is 6.61 Å². The van der Waals surface area contributed by atoms with E-state index in [0.717, 1.165) is 10.9 Å². The van der Waals surface area contributed by atoms with Gasteiger partial charge in [0.2, 0.25) is 0 Å². The molecule has 0 saturated heterocycles. The first-order chi connectivity index (χ1) is 14.7. The summed E-state index contributed by atoms with van der Waals surface area (Å²) < 4.78 is 16.4. The Morgan fingerprint density at radius 1 is 0.967 bits per heavy atom. The molecule has 2 heterocycles. The van der Waals surface area contributed by atoms with E-state index < -0.39 is 5.63 Å². The molecule has 0 atom stereocenters. The van der Waals surface area contributed by atoms with E-state index in [4.69, 9.17) is 13.9 Å². The van der Waals surface area contributed by atoms with Crippen molar-refractivity contribution >= 4 is 22.6 Å². The molecule has 0 aliphatic rings. The molecule has 2 aromatic heterocycles. The number of aromatic nitrogens is 1. The molecule has 7 nitrogen and oxygen atoms in total. The molecule has 30 heavy (non-hydrogen) atoms. The Balaban J connectivity index is 1.33. The topological polar surface area (TPSA) is 90.7 Å². The Labute approximate surface area is 171 Å². The van der Waals surface area contributed by atoms with Crippen LogP contribution in [0.4, 0.5) is 5.69 Å². The highest BCUT2D eigenvalue weighted by atomic mass is 16.5. The number of amides is 1. The fraction of sp³-hybridized carbons (Fsp3) is 0.0870. The molecule has 2 aromatic carbocycles. The first kappa shape index (κ1) is 19.2. The number of carbonyl (C=O) groups is 1. The van der Waals surface area contributed by atoms with Crippen LogP contribution < -0.4 is 20.4 Å². The van der Waals surface area contributed by atoms with Crippen molar-refractivity contribution in [2.75, 3.05) is 11.9 Å². The van der Waals surface area contributed by atoms with Gasteiger partial charge in [0.05, 0.1) is 0 Å². The molecule has 0 saturated carbocycles. The largest absolute Gasteiger partial charge is 0.489 e. The van der Waals surface area contributed by atoms with E-state index >= 15 is 0 Å². The van der Waals surface area contributed by atoms with Crippen LogP contribution in [0.2, 0.25) is 0 Å². The fourth-order valence-corrected chi connectivity index (χ4v) is 2.79. The molecule has 0 aliphatic carbocycles. The van der Waals surface area contributed by atoms with Crippen LogP contribution in [0.1, 0.15) is 5.56 Å². The van der Waals surface area contributed by atoms with Gasteiger partial charge in [-0.15, -0.1) is 0 Å². The normalized spacial score (nSPS) is 10.5. The number of nitrogens with zero attached hydrogens (tertiary/aromatic N) is 1. The van der Waals surface area contributed by atoms with Crippen molar-refractivity contribution in [1.82, 2.24) is 4.98 Å². The van der Waals surface area contributed by atoms with Crippen molar-refractivity contribution in [3.8, 4) is 11.5 Å². The predicted molar refractivity (Wildman–Crippen MR) is 112 cm³/mol. The molecule has 4 aromatic rings. The van der Waals surface area contributed by atoms with Gasteiger partial charge in [-0.25, -0.2) is 4.79 Å². The van der Waals surface area contributed by atoms with E-state index in [9.17, 15) is 9.59 Å². The van der Waals surface area contributed by atoms with Crippen molar-refractivity contribution in [2.45, 2.75) is 6.61 Å². The summed E-state index contributed by atoms with van der Waals surface area (Å²) in [5.74, 6) is 0.733. The van der Waals surface area contributed by atoms with Gasteiger partial charge < -0.3 is 19.2 Å². The lowest BCUT2D eigenvalue weighted by atomic mass is 10.2. The fourth-order valence-electron chi connectivity index (χ4n) is 2.79. The van der Waals surface area contributed by atoms with Crippen LogP contribution in [0.3, 0.4) is 0 Å². The Hall–Kier alpha value is -4.13. The Morgan fingerprint density at radius 2 is 1.83 bits per heavy atom. The molecule has 0 radical (unpaired) electrons. The molecule has 0 spiro atoms. The quantitative estimate of drug-likeness (QED) is 0.473. The molecule has 0 bridgehead atoms. The lowest BCUT2D eigenvalue weighted by Crippen LogP contribution is -2.20. The molecule has 1 amide bonds. The van der Waals surface area contributed by atoms with Crippen LogP contribution in [-0.4, -0.2) is 17.5 Å². The third-order valence-electron chi connectivity index (χ3n) is 4.21. The first-order valence-corrected chi connectivity index (χ1v) is 9.24. The third-order valence-corrected chi connectivity index (χ3v) is 4.21. The Kier molecular flexibility index (Phi) is 5.70. The van der Waals surface area contributed by atoms with Gasteiger partial charge in [0.25, 0.3) is 5.91 Å². The van der Waals surface area contributed by atoms with E-state index in [0.29, 0.717) is 29.4 Å². The molecule has 0 aliphatic heterocycles. The second-order valence-corrected chi connectivity index (χ2v) is 6.47. The van der Waals surface area contributed by atoms with Crippen LogP contribution in [0, 0.1) is 0 Å². The Bertz CT molecular complexity index is 1220. The maximum atomic E-state index is 12.2. The van der Waals surface area contributed by atoms with Gasteiger partial charge >= 0.3 is 5.63 Å². The van der Waals surface area contributed by atoms with E-state index in [1.165, 1.54) is 6.07 Å². The van der Waals surface area contributed by atoms with Crippen molar-refractivity contribution in [3.63, 3.8) is 0 Å². The van der Waals surface area contributed by atoms with Gasteiger partial charge in [0.1, 0.15) is 23.7 Å². The number of pyridine rings is 1. The number of carbonyl (C=O) groups excluding carboxylic acids is 1. The third kappa shape index (κ3) is 5.02. The maximum Gasteiger partial charge on any atom is 0.336 e. The number of hydrogen-bond acceptors (Lipinski definition) is 6. The van der Waals surface area contributed by atoms with E-state index in [1.54, 1.807) is 54.9 Å². The highest BCUT2D eigenvalue weighted by Gasteiger charge is 2.07. The monoisotopic (exact) mass is 402 g/mol. The average molecular weight is 402 g/mol. The average Bonchev–Trinajstić information content (AvgIpc) is 2.77. The molecule has 1 N–H and O–H groups in total. The number of rotatable bonds is 7. The van der Waals surface area contributed by atoms with Crippen molar-refractivity contribution < 1.29 is 18.7 Å². The summed E-state index contributed by atoms with van der Waals surface area (Å²) in [5, 5.41) is 3.54. The smallest absolute Gasteiger partial charge is 0.336 e. The number of fused-ring (bicyclic) bond motifs is 1. The maximum absolute atomic E-state index is 12.2. The molecule has 0 fully saturated rings. The van der Waals surface area contributed by atoms with Crippen LogP contribution >= 0.6 is 0 Å². The van der Waals surface area contributed by atoms with Crippen molar-refractivity contribution in [2.24, 2.45) is 0 Å². The highest BCUT2D eigenvalue weighted by Crippen LogP contribution is 2.20. The SMILES string of the molecule is O=C(COc1ccc2ccc(=O)oc2c1)Nc1cccc(OCc2cccnc2)c1. The first-order valence-electron chi connectivity index (χ1n) is 9.24. The summed E-state index contributed by atoms with van der Waals surface area (Å²) >= 11 is 0. The van der Waals surface area contributed by atoms with Gasteiger partial charge in [-0.3, -0.25) is 9.78 Å². The summed E-state index contributed by atoms with van der Waals surface area (Å²) in [5.41, 5.74) is 1.50. The van der Waals surface area contributed by atoms with Gasteiger partial charge in [-0.1, -0.05) is 12.1 Å². The summed E-state index contributed by atoms with van der Waals surface area (Å²) in [4.78, 5) is 27.6. The number of ether oxygens (including phenoxy) is 2. The molecule has 7 heteroatoms. The Morgan fingerprint density at radius 3 is 2.70 bits per heavy atom. The van der Waals surface area contributed by atoms with Crippen LogP contribution in [0.5, 0.6) is 11.5 Å². The van der Waals surface area contributed by atoms with Crippen LogP contribution in [0.25, 0.3) is 11.0 Å². The van der Waals surface area contributed by atoms with Crippen LogP contribution in [0.15, 0.2) is 88.3 Å². The zero-order valence-electron chi connectivity index (χ0n) is 15.9. The second kappa shape index (κ2) is 8.91. The second-order valence-electron chi connectivity index (χ2n) is 6.47. The summed E-state index contributed by atoms with van der Waals surface area (Å²) in [6, 6.07) is 18.9. The highest BCUT2D eigenvalue weighted by molar-refractivity contribution is 5.92. The molecule has 0 unspecified atom stereocenters. The van der Waals surface area contributed by atoms with Crippen molar-refractivity contribution in [3.05, 3.63) is 95.1 Å². The number of nitrogens with one attached hydrogen (secondary N) is 1. The van der Waals surface area contributed by atoms with Gasteiger partial charge in [0, 0.05) is 47.2 Å². The minimum atomic E-state index is -0.442. The number of benzene rings is 2. The van der Waals surface area contributed by atoms with Crippen LogP contribution in [-0.2, 0) is 11.4 Å². The standard InChI is InChI=1S/C23H18N2O5/c26-22(15-29-20-8-6-17-7-9-23(27)30-21(17)12-20)25-18-4-1-5-19(11-18)28-14-16-3-2-10-24-13-16/h1-13H,14-15H2,(H,25,26). The van der Waals surface area contributed by atoms with E-state index in [2.05, 4.69) is 10.3 Å². The number of hydrogen-bond donors (Lipinski definition) is 1. The van der Waals surface area contributed by atoms with E-state index in [-0.39, 0.29) is 12.5 Å². The van der Waals surface area contributed by atoms with Gasteiger partial charge in [-0.2, -0.15) is 0 Å². The minimum Gasteiger partial charge on any atom is -0.489 e. The predicted octanol–water partition coefficient (Wildman–Crippen LogP) is 3.78. The summed E-state index contributed by atoms with van der Waals surface area (Å²) in [6.07, 6.45) is 3.44. The zero-order valence-corrected chi connectivity index (χ0v) is 15.9. The van der Waals surface area contributed by atoms with E-state index in [1.807, 2.05) is 18.2 Å². The number of anilines is 1. The zero-order chi connectivity index (χ0) is 20.8. The summed E-state index contributed by atoms with van der Waals surface area (Å²) in [6.45, 7) is 0.190. The minimum absolute atomic E-state index is 0.191. The molecule has 4 rings (SSSR count). The lowest BCUT2D eigenvalue weighted by molar-refractivity contribution is -0.118. The molecular weight excluding hydrogens is 384 g/mol. The van der Waals surface area contributed by atoms with Crippen molar-refractivity contribution in [1.29, 1.82) is 0 Å². The summed E-state index contributed by atoms with van der Waals surface area (Å²) in [7, 11) is 0. The van der Waals surface area contributed by atoms with Gasteiger partial charge in [-0.05, 0) is 36.4 Å².